The molecule has 1 heterocycles. The van der Waals surface area contributed by atoms with Gasteiger partial charge in [0.05, 0.1) is 10.6 Å². The summed E-state index contributed by atoms with van der Waals surface area (Å²) in [4.78, 5) is 0.635. The molecule has 74 valence electrons. The first-order valence-electron chi connectivity index (χ1n) is 3.82. The van der Waals surface area contributed by atoms with Crippen molar-refractivity contribution in [1.29, 1.82) is 0 Å². The van der Waals surface area contributed by atoms with E-state index in [0.717, 1.165) is 5.69 Å². The van der Waals surface area contributed by atoms with Gasteiger partial charge in [0, 0.05) is 5.02 Å². The zero-order valence-corrected chi connectivity index (χ0v) is 9.67. The van der Waals surface area contributed by atoms with Crippen LogP contribution in [0, 0.1) is 0 Å². The molecule has 2 rings (SSSR count). The van der Waals surface area contributed by atoms with Gasteiger partial charge in [-0.05, 0) is 24.5 Å². The van der Waals surface area contributed by atoms with E-state index in [0.29, 0.717) is 15.1 Å². The fraction of sp³-hybridized carbons (Fsp3) is 0.125. The van der Waals surface area contributed by atoms with E-state index in [9.17, 15) is 4.21 Å². The number of rotatable bonds is 0. The first-order valence-corrected chi connectivity index (χ1v) is 6.53. The molecule has 0 radical (unpaired) electrons. The van der Waals surface area contributed by atoms with Crippen LogP contribution in [0.5, 0.6) is 0 Å². The summed E-state index contributed by atoms with van der Waals surface area (Å²) < 4.78 is 15.6. The molecule has 1 N–H and O–H groups in total. The van der Waals surface area contributed by atoms with E-state index in [1.165, 1.54) is 11.8 Å². The van der Waals surface area contributed by atoms with Crippen LogP contribution in [0.15, 0.2) is 27.5 Å². The van der Waals surface area contributed by atoms with Crippen LogP contribution in [0.2, 0.25) is 5.02 Å². The molecule has 6 heteroatoms. The smallest absolute Gasteiger partial charge is 0.177 e. The summed E-state index contributed by atoms with van der Waals surface area (Å²) in [6, 6.07) is 5.23. The van der Waals surface area contributed by atoms with Crippen LogP contribution >= 0.6 is 23.4 Å². The normalized spacial score (nSPS) is 19.6. The van der Waals surface area contributed by atoms with Gasteiger partial charge in [0.15, 0.2) is 16.2 Å². The van der Waals surface area contributed by atoms with E-state index < -0.39 is 11.0 Å². The van der Waals surface area contributed by atoms with Crippen molar-refractivity contribution in [2.45, 2.75) is 4.90 Å². The number of thioether (sulfide) groups is 1. The maximum Gasteiger partial charge on any atom is 0.177 e. The molecule has 1 unspecified atom stereocenters. The Morgan fingerprint density at radius 2 is 2.36 bits per heavy atom. The Kier molecular flexibility index (Phi) is 2.80. The molecule has 1 aliphatic rings. The minimum absolute atomic E-state index is 0.571. The van der Waals surface area contributed by atoms with E-state index >= 15 is 0 Å². The van der Waals surface area contributed by atoms with Crippen molar-refractivity contribution in [3.05, 3.63) is 23.2 Å². The highest BCUT2D eigenvalue weighted by molar-refractivity contribution is 8.14. The molecule has 0 amide bonds. The number of amidine groups is 1. The maximum atomic E-state index is 11.6. The third-order valence-electron chi connectivity index (χ3n) is 1.73. The Bertz CT molecular complexity index is 433. The minimum Gasteiger partial charge on any atom is -0.333 e. The molecule has 0 fully saturated rings. The Hall–Kier alpha value is -0.520. The standard InChI is InChI=1S/C8H7ClN2OS2/c1-13-8-10-6-3-2-5(9)4-7(6)14(12)11-8/h2-4H,1H3,(H,10,11). The van der Waals surface area contributed by atoms with Crippen LogP contribution in [-0.2, 0) is 11.0 Å². The first kappa shape index (κ1) is 10.0. The Balaban J connectivity index is 2.48. The average molecular weight is 247 g/mol. The number of halogens is 1. The lowest BCUT2D eigenvalue weighted by Crippen LogP contribution is -2.15. The molecule has 0 spiro atoms. The zero-order valence-electron chi connectivity index (χ0n) is 7.28. The number of benzene rings is 1. The van der Waals surface area contributed by atoms with Crippen molar-refractivity contribution in [1.82, 2.24) is 0 Å². The molecule has 0 aromatic heterocycles. The summed E-state index contributed by atoms with van der Waals surface area (Å²) in [6.07, 6.45) is 1.88. The van der Waals surface area contributed by atoms with Crippen molar-refractivity contribution in [2.24, 2.45) is 4.40 Å². The van der Waals surface area contributed by atoms with Gasteiger partial charge in [-0.3, -0.25) is 0 Å². The van der Waals surface area contributed by atoms with Crippen LogP contribution in [0.4, 0.5) is 5.69 Å². The predicted octanol–water partition coefficient (Wildman–Crippen LogP) is 2.51. The highest BCUT2D eigenvalue weighted by Gasteiger charge is 2.17. The van der Waals surface area contributed by atoms with Crippen molar-refractivity contribution in [3.8, 4) is 0 Å². The van der Waals surface area contributed by atoms with Crippen molar-refractivity contribution >= 4 is 45.2 Å². The summed E-state index contributed by atoms with van der Waals surface area (Å²) in [6.45, 7) is 0. The van der Waals surface area contributed by atoms with Gasteiger partial charge in [0.2, 0.25) is 0 Å². The first-order chi connectivity index (χ1) is 6.70. The van der Waals surface area contributed by atoms with Crippen molar-refractivity contribution in [2.75, 3.05) is 11.6 Å². The molecule has 3 nitrogen and oxygen atoms in total. The monoisotopic (exact) mass is 246 g/mol. The van der Waals surface area contributed by atoms with Gasteiger partial charge in [0.1, 0.15) is 0 Å². The van der Waals surface area contributed by atoms with Crippen LogP contribution in [0.1, 0.15) is 0 Å². The summed E-state index contributed by atoms with van der Waals surface area (Å²) in [7, 11) is -1.34. The number of anilines is 1. The number of hydrogen-bond acceptors (Lipinski definition) is 3. The molecule has 0 aliphatic carbocycles. The van der Waals surface area contributed by atoms with Crippen LogP contribution < -0.4 is 5.32 Å². The van der Waals surface area contributed by atoms with Gasteiger partial charge in [0.25, 0.3) is 0 Å². The predicted molar refractivity (Wildman–Crippen MR) is 62.4 cm³/mol. The van der Waals surface area contributed by atoms with Crippen LogP contribution in [0.3, 0.4) is 0 Å². The second kappa shape index (κ2) is 3.92. The van der Waals surface area contributed by atoms with Gasteiger partial charge in [-0.25, -0.2) is 4.21 Å². The number of fused-ring (bicyclic) bond motifs is 1. The number of hydrogen-bond donors (Lipinski definition) is 1. The summed E-state index contributed by atoms with van der Waals surface area (Å²) >= 11 is 7.23. The van der Waals surface area contributed by atoms with Gasteiger partial charge < -0.3 is 5.32 Å². The maximum absolute atomic E-state index is 11.6. The Morgan fingerprint density at radius 3 is 3.07 bits per heavy atom. The highest BCUT2D eigenvalue weighted by Crippen LogP contribution is 2.28. The van der Waals surface area contributed by atoms with E-state index in [4.69, 9.17) is 11.6 Å². The quantitative estimate of drug-likeness (QED) is 0.765. The number of nitrogens with zero attached hydrogens (tertiary/aromatic N) is 1. The lowest BCUT2D eigenvalue weighted by molar-refractivity contribution is 0.684. The highest BCUT2D eigenvalue weighted by atomic mass is 35.5. The van der Waals surface area contributed by atoms with E-state index in [2.05, 4.69) is 9.71 Å². The Morgan fingerprint density at radius 1 is 1.57 bits per heavy atom. The second-order valence-corrected chi connectivity index (χ2v) is 4.97. The third-order valence-corrected chi connectivity index (χ3v) is 3.73. The van der Waals surface area contributed by atoms with Gasteiger partial charge in [-0.1, -0.05) is 23.4 Å². The summed E-state index contributed by atoms with van der Waals surface area (Å²) in [5, 5.41) is 4.30. The zero-order chi connectivity index (χ0) is 10.1. The molecule has 0 saturated carbocycles. The molecule has 1 aromatic rings. The molecular formula is C8H7ClN2OS2. The second-order valence-electron chi connectivity index (χ2n) is 2.62. The molecule has 0 saturated heterocycles. The van der Waals surface area contributed by atoms with E-state index in [-0.39, 0.29) is 0 Å². The Labute approximate surface area is 93.5 Å². The SMILES string of the molecule is CSC1=NS(=O)c2cc(Cl)ccc2N1. The molecule has 1 atom stereocenters. The van der Waals surface area contributed by atoms with Gasteiger partial charge in [-0.2, -0.15) is 4.40 Å². The largest absolute Gasteiger partial charge is 0.333 e. The topological polar surface area (TPSA) is 41.5 Å². The third kappa shape index (κ3) is 1.80. The van der Waals surface area contributed by atoms with E-state index in [1.54, 1.807) is 18.2 Å². The average Bonchev–Trinajstić information content (AvgIpc) is 2.19. The van der Waals surface area contributed by atoms with Gasteiger partial charge in [-0.15, -0.1) is 0 Å². The minimum atomic E-state index is -1.34. The molecule has 1 aromatic carbocycles. The fourth-order valence-corrected chi connectivity index (χ4v) is 2.87. The summed E-state index contributed by atoms with van der Waals surface area (Å²) in [5.41, 5.74) is 0.812. The lowest BCUT2D eigenvalue weighted by Gasteiger charge is -2.15. The molecule has 14 heavy (non-hydrogen) atoms. The summed E-state index contributed by atoms with van der Waals surface area (Å²) in [5.74, 6) is 0. The van der Waals surface area contributed by atoms with Crippen LogP contribution in [0.25, 0.3) is 0 Å². The van der Waals surface area contributed by atoms with Crippen LogP contribution in [-0.4, -0.2) is 15.6 Å². The fourth-order valence-electron chi connectivity index (χ4n) is 1.09. The van der Waals surface area contributed by atoms with Crippen molar-refractivity contribution in [3.63, 3.8) is 0 Å². The van der Waals surface area contributed by atoms with E-state index in [1.807, 2.05) is 6.26 Å². The van der Waals surface area contributed by atoms with Gasteiger partial charge >= 0.3 is 0 Å². The van der Waals surface area contributed by atoms with Crippen molar-refractivity contribution < 1.29 is 4.21 Å². The molecular weight excluding hydrogens is 240 g/mol. The lowest BCUT2D eigenvalue weighted by atomic mass is 10.3. The number of nitrogens with one attached hydrogen (secondary N) is 1. The molecule has 1 aliphatic heterocycles. The molecule has 0 bridgehead atoms.